The van der Waals surface area contributed by atoms with Crippen LogP contribution in [0.25, 0.3) is 0 Å². The van der Waals surface area contributed by atoms with Crippen LogP contribution < -0.4 is 0 Å². The Labute approximate surface area is 127 Å². The second-order valence-electron chi connectivity index (χ2n) is 5.29. The highest BCUT2D eigenvalue weighted by atomic mass is 32.2. The minimum absolute atomic E-state index is 0.00623. The maximum Gasteiger partial charge on any atom is 0.243 e. The monoisotopic (exact) mass is 325 g/mol. The van der Waals surface area contributed by atoms with Crippen molar-refractivity contribution < 1.29 is 17.9 Å². The van der Waals surface area contributed by atoms with E-state index in [0.717, 1.165) is 17.8 Å². The zero-order valence-corrected chi connectivity index (χ0v) is 12.8. The van der Waals surface area contributed by atoms with E-state index in [1.165, 1.54) is 16.4 Å². The summed E-state index contributed by atoms with van der Waals surface area (Å²) in [6, 6.07) is 4.12. The number of imidazole rings is 1. The van der Waals surface area contributed by atoms with Gasteiger partial charge < -0.3 is 9.67 Å². The first-order chi connectivity index (χ1) is 10.4. The van der Waals surface area contributed by atoms with Crippen LogP contribution in [-0.2, 0) is 30.0 Å². The Morgan fingerprint density at radius 2 is 2.05 bits per heavy atom. The molecule has 118 valence electrons. The van der Waals surface area contributed by atoms with Crippen LogP contribution >= 0.6 is 0 Å². The fourth-order valence-electron chi connectivity index (χ4n) is 2.68. The van der Waals surface area contributed by atoms with Crippen molar-refractivity contribution in [3.63, 3.8) is 0 Å². The van der Waals surface area contributed by atoms with Gasteiger partial charge in [-0.15, -0.1) is 0 Å². The molecular formula is C14H16FN3O3S. The SMILES string of the molecule is Cn1cnc2c1C[C@H](CO)N(S(=O)(=O)c1ccc(F)cc1)C2. The van der Waals surface area contributed by atoms with Crippen LogP contribution in [0.1, 0.15) is 11.4 Å². The van der Waals surface area contributed by atoms with Crippen molar-refractivity contribution in [3.05, 3.63) is 47.8 Å². The number of hydrogen-bond acceptors (Lipinski definition) is 4. The summed E-state index contributed by atoms with van der Waals surface area (Å²) in [5.74, 6) is -0.497. The summed E-state index contributed by atoms with van der Waals surface area (Å²) in [6.07, 6.45) is 2.02. The third-order valence-electron chi connectivity index (χ3n) is 3.92. The molecule has 0 fully saturated rings. The van der Waals surface area contributed by atoms with Crippen molar-refractivity contribution in [3.8, 4) is 0 Å². The Bertz CT molecular complexity index is 786. The Morgan fingerprint density at radius 3 is 2.68 bits per heavy atom. The van der Waals surface area contributed by atoms with Gasteiger partial charge in [0.05, 0.1) is 36.1 Å². The van der Waals surface area contributed by atoms with Gasteiger partial charge in [-0.25, -0.2) is 17.8 Å². The number of sulfonamides is 1. The average molecular weight is 325 g/mol. The van der Waals surface area contributed by atoms with E-state index in [1.807, 2.05) is 11.6 Å². The molecule has 0 spiro atoms. The van der Waals surface area contributed by atoms with Crippen LogP contribution in [0.5, 0.6) is 0 Å². The fraction of sp³-hybridized carbons (Fsp3) is 0.357. The van der Waals surface area contributed by atoms with E-state index in [9.17, 15) is 17.9 Å². The molecular weight excluding hydrogens is 309 g/mol. The first-order valence-electron chi connectivity index (χ1n) is 6.81. The summed E-state index contributed by atoms with van der Waals surface area (Å²) >= 11 is 0. The van der Waals surface area contributed by atoms with E-state index in [-0.39, 0.29) is 18.0 Å². The largest absolute Gasteiger partial charge is 0.395 e. The molecule has 1 aliphatic rings. The lowest BCUT2D eigenvalue weighted by molar-refractivity contribution is 0.171. The molecule has 8 heteroatoms. The normalized spacial score (nSPS) is 19.1. The van der Waals surface area contributed by atoms with E-state index in [2.05, 4.69) is 4.98 Å². The molecule has 2 aromatic rings. The van der Waals surface area contributed by atoms with E-state index in [1.54, 1.807) is 6.33 Å². The van der Waals surface area contributed by atoms with Gasteiger partial charge in [-0.1, -0.05) is 0 Å². The molecule has 3 rings (SSSR count). The molecule has 6 nitrogen and oxygen atoms in total. The van der Waals surface area contributed by atoms with Gasteiger partial charge in [-0.2, -0.15) is 4.31 Å². The lowest BCUT2D eigenvalue weighted by Gasteiger charge is -2.33. The quantitative estimate of drug-likeness (QED) is 0.900. The summed E-state index contributed by atoms with van der Waals surface area (Å²) < 4.78 is 41.5. The molecule has 22 heavy (non-hydrogen) atoms. The predicted octanol–water partition coefficient (Wildman–Crippen LogP) is 0.667. The highest BCUT2D eigenvalue weighted by Crippen LogP contribution is 2.28. The van der Waals surface area contributed by atoms with Crippen molar-refractivity contribution >= 4 is 10.0 Å². The molecule has 0 unspecified atom stereocenters. The number of fused-ring (bicyclic) bond motifs is 1. The summed E-state index contributed by atoms with van der Waals surface area (Å²) in [5.41, 5.74) is 1.60. The molecule has 0 amide bonds. The standard InChI is InChI=1S/C14H16FN3O3S/c1-17-9-16-13-7-18(11(8-19)6-14(13)17)22(20,21)12-4-2-10(15)3-5-12/h2-5,9,11,19H,6-8H2,1H3/t11-/m1/s1. The minimum atomic E-state index is -3.82. The van der Waals surface area contributed by atoms with Crippen LogP contribution in [0, 0.1) is 5.82 Å². The molecule has 0 saturated carbocycles. The van der Waals surface area contributed by atoms with Crippen molar-refractivity contribution in [2.75, 3.05) is 6.61 Å². The second-order valence-corrected chi connectivity index (χ2v) is 7.18. The molecule has 1 aromatic carbocycles. The van der Waals surface area contributed by atoms with Gasteiger partial charge in [-0.05, 0) is 24.3 Å². The Balaban J connectivity index is 2.00. The number of benzene rings is 1. The van der Waals surface area contributed by atoms with E-state index < -0.39 is 21.9 Å². The highest BCUT2D eigenvalue weighted by Gasteiger charge is 2.37. The lowest BCUT2D eigenvalue weighted by Crippen LogP contribution is -2.46. The zero-order valence-electron chi connectivity index (χ0n) is 12.0. The van der Waals surface area contributed by atoms with Crippen molar-refractivity contribution in [2.45, 2.75) is 23.9 Å². The van der Waals surface area contributed by atoms with Gasteiger partial charge in [0.2, 0.25) is 10.0 Å². The van der Waals surface area contributed by atoms with Gasteiger partial charge in [0, 0.05) is 19.2 Å². The Kier molecular flexibility index (Phi) is 3.75. The Hall–Kier alpha value is -1.77. The Morgan fingerprint density at radius 1 is 1.36 bits per heavy atom. The van der Waals surface area contributed by atoms with Gasteiger partial charge in [-0.3, -0.25) is 0 Å². The highest BCUT2D eigenvalue weighted by molar-refractivity contribution is 7.89. The van der Waals surface area contributed by atoms with Gasteiger partial charge in [0.1, 0.15) is 5.82 Å². The molecule has 1 atom stereocenters. The summed E-state index contributed by atoms with van der Waals surface area (Å²) in [5, 5.41) is 9.57. The number of nitrogens with zero attached hydrogens (tertiary/aromatic N) is 3. The molecule has 0 bridgehead atoms. The topological polar surface area (TPSA) is 75.4 Å². The molecule has 2 heterocycles. The van der Waals surface area contributed by atoms with Crippen molar-refractivity contribution in [2.24, 2.45) is 7.05 Å². The number of hydrogen-bond donors (Lipinski definition) is 1. The van der Waals surface area contributed by atoms with Crippen LogP contribution in [0.4, 0.5) is 4.39 Å². The van der Waals surface area contributed by atoms with Crippen LogP contribution in [0.2, 0.25) is 0 Å². The van der Waals surface area contributed by atoms with Crippen molar-refractivity contribution in [1.29, 1.82) is 0 Å². The van der Waals surface area contributed by atoms with Gasteiger partial charge in [0.15, 0.2) is 0 Å². The molecule has 1 aromatic heterocycles. The maximum atomic E-state index is 13.0. The van der Waals surface area contributed by atoms with Gasteiger partial charge >= 0.3 is 0 Å². The number of aromatic nitrogens is 2. The third kappa shape index (κ3) is 2.43. The summed E-state index contributed by atoms with van der Waals surface area (Å²) in [7, 11) is -1.98. The van der Waals surface area contributed by atoms with E-state index in [0.29, 0.717) is 12.1 Å². The van der Waals surface area contributed by atoms with E-state index >= 15 is 0 Å². The molecule has 0 aliphatic carbocycles. The average Bonchev–Trinajstić information content (AvgIpc) is 2.87. The summed E-state index contributed by atoms with van der Waals surface area (Å²) in [6.45, 7) is -0.188. The van der Waals surface area contributed by atoms with Crippen LogP contribution in [0.15, 0.2) is 35.5 Å². The van der Waals surface area contributed by atoms with Gasteiger partial charge in [0.25, 0.3) is 0 Å². The van der Waals surface area contributed by atoms with Crippen LogP contribution in [-0.4, -0.2) is 40.0 Å². The lowest BCUT2D eigenvalue weighted by atomic mass is 10.1. The number of rotatable bonds is 3. The first kappa shape index (κ1) is 15.1. The van der Waals surface area contributed by atoms with Crippen molar-refractivity contribution in [1.82, 2.24) is 13.9 Å². The number of aryl methyl sites for hydroxylation is 1. The second kappa shape index (κ2) is 5.45. The third-order valence-corrected chi connectivity index (χ3v) is 5.83. The first-order valence-corrected chi connectivity index (χ1v) is 8.25. The number of aliphatic hydroxyl groups excluding tert-OH is 1. The molecule has 1 aliphatic heterocycles. The van der Waals surface area contributed by atoms with Crippen LogP contribution in [0.3, 0.4) is 0 Å². The molecule has 1 N–H and O–H groups in total. The fourth-order valence-corrected chi connectivity index (χ4v) is 4.26. The maximum absolute atomic E-state index is 13.0. The summed E-state index contributed by atoms with van der Waals surface area (Å²) in [4.78, 5) is 4.22. The minimum Gasteiger partial charge on any atom is -0.395 e. The molecule has 0 radical (unpaired) electrons. The number of aliphatic hydroxyl groups is 1. The molecule has 0 saturated heterocycles. The van der Waals surface area contributed by atoms with E-state index in [4.69, 9.17) is 0 Å². The predicted molar refractivity (Wildman–Crippen MR) is 76.9 cm³/mol. The number of halogens is 1. The zero-order chi connectivity index (χ0) is 15.9. The smallest absolute Gasteiger partial charge is 0.243 e.